The van der Waals surface area contributed by atoms with Crippen molar-refractivity contribution in [2.24, 2.45) is 0 Å². The molecule has 1 aromatic rings. The fraction of sp³-hybridized carbons (Fsp3) is 0.500. The number of aliphatic carboxylic acids is 2. The molecule has 0 spiro atoms. The molecule has 0 heterocycles. The zero-order chi connectivity index (χ0) is 20.4. The summed E-state index contributed by atoms with van der Waals surface area (Å²) in [5.74, 6) is -2.12. The molecule has 0 amide bonds. The van der Waals surface area contributed by atoms with Gasteiger partial charge in [0.15, 0.2) is 0 Å². The largest absolute Gasteiger partial charge is 0.508 e. The Hall–Kier alpha value is -2.42. The highest BCUT2D eigenvalue weighted by molar-refractivity contribution is 5.89. The molecule has 1 aliphatic rings. The van der Waals surface area contributed by atoms with Gasteiger partial charge in [-0.2, -0.15) is 0 Å². The van der Waals surface area contributed by atoms with Gasteiger partial charge in [0.05, 0.1) is 5.60 Å². The van der Waals surface area contributed by atoms with Crippen molar-refractivity contribution in [2.75, 3.05) is 20.6 Å². The normalized spacial score (nSPS) is 16.6. The third-order valence-corrected chi connectivity index (χ3v) is 4.58. The Morgan fingerprint density at radius 3 is 1.89 bits per heavy atom. The maximum atomic E-state index is 11.0. The third-order valence-electron chi connectivity index (χ3n) is 4.58. The minimum atomic E-state index is -1.26. The second-order valence-corrected chi connectivity index (χ2v) is 7.08. The van der Waals surface area contributed by atoms with Crippen molar-refractivity contribution in [3.63, 3.8) is 0 Å². The van der Waals surface area contributed by atoms with E-state index in [1.54, 1.807) is 12.1 Å². The fourth-order valence-corrected chi connectivity index (χ4v) is 3.31. The van der Waals surface area contributed by atoms with Crippen LogP contribution in [0.1, 0.15) is 43.6 Å². The molecule has 1 aliphatic carbocycles. The second kappa shape index (κ2) is 12.1. The Bertz CT molecular complexity index is 618. The van der Waals surface area contributed by atoms with E-state index in [-0.39, 0.29) is 17.1 Å². The number of aliphatic hydroxyl groups is 1. The van der Waals surface area contributed by atoms with Crippen molar-refractivity contribution in [2.45, 2.75) is 43.6 Å². The number of phenols is 1. The summed E-state index contributed by atoms with van der Waals surface area (Å²) in [4.78, 5) is 21.2. The van der Waals surface area contributed by atoms with Crippen molar-refractivity contribution in [1.29, 1.82) is 0 Å². The SMILES string of the molecule is CN(C)C[C@H](c1ccc(O)cc1)C1(O)CCCCC1.O.O=C(O)/C=C/C(=O)O. The monoisotopic (exact) mass is 397 g/mol. The summed E-state index contributed by atoms with van der Waals surface area (Å²) >= 11 is 0. The van der Waals surface area contributed by atoms with Gasteiger partial charge in [0.1, 0.15) is 5.75 Å². The van der Waals surface area contributed by atoms with Gasteiger partial charge in [0, 0.05) is 24.6 Å². The number of carboxylic acids is 2. The minimum absolute atomic E-state index is 0. The number of aromatic hydroxyl groups is 1. The lowest BCUT2D eigenvalue weighted by Crippen LogP contribution is -2.42. The third kappa shape index (κ3) is 8.98. The first-order valence-corrected chi connectivity index (χ1v) is 8.94. The van der Waals surface area contributed by atoms with Gasteiger partial charge in [-0.1, -0.05) is 31.4 Å². The van der Waals surface area contributed by atoms with Crippen LogP contribution < -0.4 is 0 Å². The van der Waals surface area contributed by atoms with E-state index in [0.29, 0.717) is 12.2 Å². The van der Waals surface area contributed by atoms with Crippen LogP contribution >= 0.6 is 0 Å². The van der Waals surface area contributed by atoms with Gasteiger partial charge >= 0.3 is 11.9 Å². The van der Waals surface area contributed by atoms with Crippen molar-refractivity contribution in [3.05, 3.63) is 42.0 Å². The maximum absolute atomic E-state index is 11.0. The molecule has 8 heteroatoms. The Morgan fingerprint density at radius 1 is 1.04 bits per heavy atom. The van der Waals surface area contributed by atoms with Gasteiger partial charge in [-0.05, 0) is 44.6 Å². The van der Waals surface area contributed by atoms with Crippen molar-refractivity contribution in [1.82, 2.24) is 4.90 Å². The first-order valence-electron chi connectivity index (χ1n) is 8.94. The summed E-state index contributed by atoms with van der Waals surface area (Å²) in [6, 6.07) is 7.31. The summed E-state index contributed by atoms with van der Waals surface area (Å²) in [7, 11) is 4.08. The van der Waals surface area contributed by atoms with Gasteiger partial charge in [-0.3, -0.25) is 0 Å². The highest BCUT2D eigenvalue weighted by Gasteiger charge is 2.38. The van der Waals surface area contributed by atoms with E-state index in [4.69, 9.17) is 10.2 Å². The molecule has 0 radical (unpaired) electrons. The number of hydrogen-bond donors (Lipinski definition) is 4. The van der Waals surface area contributed by atoms with E-state index in [2.05, 4.69) is 4.90 Å². The van der Waals surface area contributed by atoms with Crippen LogP contribution in [0.3, 0.4) is 0 Å². The molecule has 0 aromatic heterocycles. The number of phenolic OH excluding ortho intramolecular Hbond substituents is 1. The Kier molecular flexibility index (Phi) is 11.1. The summed E-state index contributed by atoms with van der Waals surface area (Å²) in [5, 5.41) is 36.1. The van der Waals surface area contributed by atoms with Crippen molar-refractivity contribution < 1.29 is 35.5 Å². The molecule has 0 bridgehead atoms. The average molecular weight is 397 g/mol. The van der Waals surface area contributed by atoms with Crippen LogP contribution in [0.25, 0.3) is 0 Å². The standard InChI is InChI=1S/C16H25NO2.C4H4O4.H2O/c1-17(2)12-15(13-6-8-14(18)9-7-13)16(19)10-4-3-5-11-16;5-3(6)1-2-4(7)8;/h6-9,15,18-19H,3-5,10-12H2,1-2H3;1-2H,(H,5,6)(H,7,8);1H2/b;2-1+;/t15-;;/m1../s1. The van der Waals surface area contributed by atoms with Crippen LogP contribution in [0.2, 0.25) is 0 Å². The quantitative estimate of drug-likeness (QED) is 0.533. The smallest absolute Gasteiger partial charge is 0.328 e. The van der Waals surface area contributed by atoms with E-state index < -0.39 is 17.5 Å². The van der Waals surface area contributed by atoms with Crippen LogP contribution in [-0.2, 0) is 9.59 Å². The maximum Gasteiger partial charge on any atom is 0.328 e. The minimum Gasteiger partial charge on any atom is -0.508 e. The van der Waals surface area contributed by atoms with E-state index in [9.17, 15) is 19.8 Å². The summed E-state index contributed by atoms with van der Waals surface area (Å²) in [6.45, 7) is 0.835. The molecule has 1 saturated carbocycles. The molecular formula is C20H31NO7. The Balaban J connectivity index is 0.000000694. The van der Waals surface area contributed by atoms with E-state index in [1.165, 1.54) is 6.42 Å². The number of benzene rings is 1. The fourth-order valence-electron chi connectivity index (χ4n) is 3.31. The highest BCUT2D eigenvalue weighted by Crippen LogP contribution is 2.40. The van der Waals surface area contributed by atoms with Gasteiger partial charge in [-0.25, -0.2) is 9.59 Å². The lowest BCUT2D eigenvalue weighted by molar-refractivity contribution is -0.134. The first-order chi connectivity index (χ1) is 12.6. The number of likely N-dealkylation sites (N-methyl/N-ethyl adjacent to an activating group) is 1. The predicted octanol–water partition coefficient (Wildman–Crippen LogP) is 1.62. The highest BCUT2D eigenvalue weighted by atomic mass is 16.4. The summed E-state index contributed by atoms with van der Waals surface area (Å²) in [5.41, 5.74) is 0.523. The van der Waals surface area contributed by atoms with Crippen LogP contribution in [0.15, 0.2) is 36.4 Å². The Labute approximate surface area is 165 Å². The van der Waals surface area contributed by atoms with Crippen molar-refractivity contribution >= 4 is 11.9 Å². The molecule has 8 nitrogen and oxygen atoms in total. The number of hydrogen-bond acceptors (Lipinski definition) is 5. The average Bonchev–Trinajstić information content (AvgIpc) is 2.60. The van der Waals surface area contributed by atoms with Crippen LogP contribution in [0.5, 0.6) is 5.75 Å². The summed E-state index contributed by atoms with van der Waals surface area (Å²) in [6.07, 6.45) is 6.33. The molecular weight excluding hydrogens is 366 g/mol. The topological polar surface area (TPSA) is 150 Å². The number of nitrogens with zero attached hydrogens (tertiary/aromatic N) is 1. The summed E-state index contributed by atoms with van der Waals surface area (Å²) < 4.78 is 0. The van der Waals surface area contributed by atoms with Crippen molar-refractivity contribution in [3.8, 4) is 5.75 Å². The van der Waals surface area contributed by atoms with Gasteiger partial charge in [-0.15, -0.1) is 0 Å². The molecule has 1 atom stereocenters. The Morgan fingerprint density at radius 2 is 1.50 bits per heavy atom. The predicted molar refractivity (Wildman–Crippen MR) is 105 cm³/mol. The first kappa shape index (κ1) is 25.6. The molecule has 1 aromatic carbocycles. The molecule has 0 unspecified atom stereocenters. The van der Waals surface area contributed by atoms with Crippen LogP contribution in [0, 0.1) is 0 Å². The van der Waals surface area contributed by atoms with Gasteiger partial charge in [0.2, 0.25) is 0 Å². The zero-order valence-corrected chi connectivity index (χ0v) is 16.3. The van der Waals surface area contributed by atoms with E-state index in [1.807, 2.05) is 26.2 Å². The molecule has 0 aliphatic heterocycles. The number of carboxylic acid groups (broad SMARTS) is 2. The molecule has 0 saturated heterocycles. The molecule has 6 N–H and O–H groups in total. The molecule has 1 fully saturated rings. The van der Waals surface area contributed by atoms with Gasteiger partial charge in [0.25, 0.3) is 0 Å². The molecule has 2 rings (SSSR count). The lowest BCUT2D eigenvalue weighted by Gasteiger charge is -2.40. The van der Waals surface area contributed by atoms with E-state index in [0.717, 1.165) is 37.8 Å². The number of carbonyl (C=O) groups is 2. The lowest BCUT2D eigenvalue weighted by atomic mass is 9.72. The van der Waals surface area contributed by atoms with Gasteiger partial charge < -0.3 is 30.8 Å². The molecule has 28 heavy (non-hydrogen) atoms. The second-order valence-electron chi connectivity index (χ2n) is 7.08. The number of rotatable bonds is 6. The van der Waals surface area contributed by atoms with Crippen LogP contribution in [-0.4, -0.2) is 69.0 Å². The van der Waals surface area contributed by atoms with E-state index >= 15 is 0 Å². The molecule has 158 valence electrons. The van der Waals surface area contributed by atoms with Crippen LogP contribution in [0.4, 0.5) is 0 Å². The zero-order valence-electron chi connectivity index (χ0n) is 16.3.